The second-order valence-corrected chi connectivity index (χ2v) is 6.24. The van der Waals surface area contributed by atoms with Gasteiger partial charge in [-0.3, -0.25) is 0 Å². The van der Waals surface area contributed by atoms with Crippen LogP contribution in [0.4, 0.5) is 0 Å². The first-order valence-corrected chi connectivity index (χ1v) is 8.37. The van der Waals surface area contributed by atoms with Gasteiger partial charge in [0.05, 0.1) is 0 Å². The van der Waals surface area contributed by atoms with E-state index in [2.05, 4.69) is 67.1 Å². The van der Waals surface area contributed by atoms with Crippen molar-refractivity contribution in [1.82, 2.24) is 0 Å². The maximum absolute atomic E-state index is 2.60. The fraction of sp³-hybridized carbons (Fsp3) is 0.381. The van der Waals surface area contributed by atoms with Crippen molar-refractivity contribution in [2.24, 2.45) is 5.92 Å². The highest BCUT2D eigenvalue weighted by Crippen LogP contribution is 2.33. The first kappa shape index (κ1) is 14.4. The van der Waals surface area contributed by atoms with Crippen LogP contribution in [0.25, 0.3) is 0 Å². The highest BCUT2D eigenvalue weighted by Gasteiger charge is 2.18. The van der Waals surface area contributed by atoms with Gasteiger partial charge in [-0.1, -0.05) is 92.8 Å². The summed E-state index contributed by atoms with van der Waals surface area (Å²) in [7, 11) is 0. The molecule has 0 saturated heterocycles. The van der Waals surface area contributed by atoms with Crippen molar-refractivity contribution in [2.75, 3.05) is 0 Å². The van der Waals surface area contributed by atoms with Gasteiger partial charge >= 0.3 is 0 Å². The third kappa shape index (κ3) is 3.97. The third-order valence-corrected chi connectivity index (χ3v) is 4.76. The highest BCUT2D eigenvalue weighted by molar-refractivity contribution is 5.32. The van der Waals surface area contributed by atoms with Gasteiger partial charge in [0.25, 0.3) is 0 Å². The summed E-state index contributed by atoms with van der Waals surface area (Å²) in [5, 5.41) is 0. The zero-order valence-electron chi connectivity index (χ0n) is 12.7. The Morgan fingerprint density at radius 3 is 1.81 bits per heavy atom. The van der Waals surface area contributed by atoms with E-state index in [0.29, 0.717) is 5.92 Å². The van der Waals surface area contributed by atoms with E-state index in [1.165, 1.54) is 49.7 Å². The van der Waals surface area contributed by atoms with Crippen LogP contribution in [-0.4, -0.2) is 0 Å². The molecule has 1 saturated carbocycles. The molecular formula is C21H25. The molecule has 1 fully saturated rings. The van der Waals surface area contributed by atoms with E-state index in [-0.39, 0.29) is 0 Å². The molecule has 1 aliphatic carbocycles. The molecule has 0 amide bonds. The van der Waals surface area contributed by atoms with E-state index < -0.39 is 0 Å². The van der Waals surface area contributed by atoms with Crippen LogP contribution in [0.2, 0.25) is 0 Å². The predicted octanol–water partition coefficient (Wildman–Crippen LogP) is 5.99. The van der Waals surface area contributed by atoms with E-state index in [9.17, 15) is 0 Å². The van der Waals surface area contributed by atoms with Crippen LogP contribution in [0, 0.1) is 12.3 Å². The molecule has 0 aromatic heterocycles. The van der Waals surface area contributed by atoms with Gasteiger partial charge in [-0.15, -0.1) is 0 Å². The summed E-state index contributed by atoms with van der Waals surface area (Å²) < 4.78 is 0. The van der Waals surface area contributed by atoms with Crippen molar-refractivity contribution in [3.63, 3.8) is 0 Å². The molecule has 0 spiro atoms. The Morgan fingerprint density at radius 1 is 0.762 bits per heavy atom. The molecule has 0 atom stereocenters. The Kier molecular flexibility index (Phi) is 5.10. The number of hydrogen-bond acceptors (Lipinski definition) is 0. The lowest BCUT2D eigenvalue weighted by molar-refractivity contribution is 0.387. The largest absolute Gasteiger partial charge is 0.0622 e. The SMILES string of the molecule is [CH](CC(c1ccccc1)c1ccccc1)C1CCCCC1. The molecule has 0 heterocycles. The zero-order valence-corrected chi connectivity index (χ0v) is 12.7. The minimum absolute atomic E-state index is 0.509. The summed E-state index contributed by atoms with van der Waals surface area (Å²) in [6, 6.07) is 21.9. The minimum Gasteiger partial charge on any atom is -0.0622 e. The lowest BCUT2D eigenvalue weighted by Crippen LogP contribution is -2.10. The molecule has 3 rings (SSSR count). The summed E-state index contributed by atoms with van der Waals surface area (Å²) >= 11 is 0. The fourth-order valence-corrected chi connectivity index (χ4v) is 3.53. The molecule has 0 nitrogen and oxygen atoms in total. The lowest BCUT2D eigenvalue weighted by Gasteiger charge is -2.24. The molecule has 0 N–H and O–H groups in total. The Morgan fingerprint density at radius 2 is 1.29 bits per heavy atom. The van der Waals surface area contributed by atoms with E-state index in [1.807, 2.05) is 0 Å². The van der Waals surface area contributed by atoms with Crippen LogP contribution in [0.5, 0.6) is 0 Å². The maximum Gasteiger partial charge on any atom is 0.00921 e. The van der Waals surface area contributed by atoms with E-state index in [0.717, 1.165) is 5.92 Å². The van der Waals surface area contributed by atoms with Gasteiger partial charge in [-0.25, -0.2) is 0 Å². The van der Waals surface area contributed by atoms with Crippen molar-refractivity contribution in [1.29, 1.82) is 0 Å². The third-order valence-electron chi connectivity index (χ3n) is 4.76. The summed E-state index contributed by atoms with van der Waals surface area (Å²) in [6.45, 7) is 0. The van der Waals surface area contributed by atoms with Crippen LogP contribution in [0.15, 0.2) is 60.7 Å². The smallest absolute Gasteiger partial charge is 0.00921 e. The van der Waals surface area contributed by atoms with Gasteiger partial charge < -0.3 is 0 Å². The summed E-state index contributed by atoms with van der Waals surface area (Å²) in [5.41, 5.74) is 2.88. The van der Waals surface area contributed by atoms with Crippen molar-refractivity contribution in [3.8, 4) is 0 Å². The Balaban J connectivity index is 1.73. The molecule has 0 unspecified atom stereocenters. The Hall–Kier alpha value is -1.56. The quantitative estimate of drug-likeness (QED) is 0.629. The van der Waals surface area contributed by atoms with Crippen molar-refractivity contribution < 1.29 is 0 Å². The lowest BCUT2D eigenvalue weighted by atomic mass is 9.81. The average molecular weight is 277 g/mol. The first-order valence-electron chi connectivity index (χ1n) is 8.37. The standard InChI is InChI=1S/C21H25/c1-4-10-18(11-5-1)16-17-21(19-12-6-2-7-13-19)20-14-8-3-9-15-20/h2-3,6-9,12-16,18,21H,1,4-5,10-11,17H2. The molecule has 21 heavy (non-hydrogen) atoms. The molecule has 1 aliphatic rings. The summed E-state index contributed by atoms with van der Waals surface area (Å²) in [6.07, 6.45) is 10.8. The monoisotopic (exact) mass is 277 g/mol. The van der Waals surface area contributed by atoms with Crippen LogP contribution < -0.4 is 0 Å². The second-order valence-electron chi connectivity index (χ2n) is 6.24. The summed E-state index contributed by atoms with van der Waals surface area (Å²) in [5.74, 6) is 1.35. The first-order chi connectivity index (χ1) is 10.4. The average Bonchev–Trinajstić information content (AvgIpc) is 2.58. The fourth-order valence-electron chi connectivity index (χ4n) is 3.53. The van der Waals surface area contributed by atoms with Gasteiger partial charge in [0, 0.05) is 5.92 Å². The number of rotatable bonds is 5. The molecule has 2 aromatic rings. The molecule has 1 radical (unpaired) electrons. The van der Waals surface area contributed by atoms with Gasteiger partial charge in [-0.2, -0.15) is 0 Å². The van der Waals surface area contributed by atoms with Crippen LogP contribution in [-0.2, 0) is 0 Å². The van der Waals surface area contributed by atoms with Crippen molar-refractivity contribution in [3.05, 3.63) is 78.2 Å². The molecule has 2 aromatic carbocycles. The van der Waals surface area contributed by atoms with Crippen LogP contribution in [0.3, 0.4) is 0 Å². The van der Waals surface area contributed by atoms with Gasteiger partial charge in [-0.05, 0) is 29.9 Å². The predicted molar refractivity (Wildman–Crippen MR) is 90.2 cm³/mol. The van der Waals surface area contributed by atoms with Gasteiger partial charge in [0.15, 0.2) is 0 Å². The Labute approximate surface area is 129 Å². The number of hydrogen-bond donors (Lipinski definition) is 0. The van der Waals surface area contributed by atoms with E-state index >= 15 is 0 Å². The minimum atomic E-state index is 0.509. The van der Waals surface area contributed by atoms with Gasteiger partial charge in [0.2, 0.25) is 0 Å². The molecule has 0 bridgehead atoms. The Bertz CT molecular complexity index is 469. The van der Waals surface area contributed by atoms with Gasteiger partial charge in [0.1, 0.15) is 0 Å². The zero-order chi connectivity index (χ0) is 14.3. The summed E-state index contributed by atoms with van der Waals surface area (Å²) in [4.78, 5) is 0. The van der Waals surface area contributed by atoms with Crippen LogP contribution in [0.1, 0.15) is 55.6 Å². The molecule has 109 valence electrons. The topological polar surface area (TPSA) is 0 Å². The maximum atomic E-state index is 2.60. The number of benzene rings is 2. The normalized spacial score (nSPS) is 16.2. The van der Waals surface area contributed by atoms with E-state index in [1.54, 1.807) is 0 Å². The molecule has 0 heteroatoms. The highest BCUT2D eigenvalue weighted by atomic mass is 14.2. The van der Waals surface area contributed by atoms with Crippen molar-refractivity contribution >= 4 is 0 Å². The van der Waals surface area contributed by atoms with Crippen molar-refractivity contribution in [2.45, 2.75) is 44.4 Å². The molecular weight excluding hydrogens is 252 g/mol. The second kappa shape index (κ2) is 7.45. The van der Waals surface area contributed by atoms with Crippen LogP contribution >= 0.6 is 0 Å². The van der Waals surface area contributed by atoms with E-state index in [4.69, 9.17) is 0 Å². The molecule has 0 aliphatic heterocycles.